The van der Waals surface area contributed by atoms with Crippen LogP contribution in [0, 0.1) is 17.0 Å². The lowest BCUT2D eigenvalue weighted by molar-refractivity contribution is -0.384. The van der Waals surface area contributed by atoms with Crippen LogP contribution in [0.3, 0.4) is 0 Å². The monoisotopic (exact) mass is 313 g/mol. The fourth-order valence-electron chi connectivity index (χ4n) is 1.99. The van der Waals surface area contributed by atoms with Crippen molar-refractivity contribution in [1.29, 1.82) is 0 Å². The zero-order valence-corrected chi connectivity index (χ0v) is 12.4. The molecule has 0 bridgehead atoms. The van der Waals surface area contributed by atoms with E-state index < -0.39 is 4.92 Å². The maximum atomic E-state index is 11.7. The Bertz CT molecular complexity index is 757. The van der Waals surface area contributed by atoms with Crippen LogP contribution >= 0.6 is 0 Å². The number of phenolic OH excluding ortho intramolecular Hbond substituents is 1. The Balaban J connectivity index is 2.05. The third-order valence-corrected chi connectivity index (χ3v) is 3.13. The molecule has 7 nitrogen and oxygen atoms in total. The number of rotatable bonds is 5. The zero-order valence-electron chi connectivity index (χ0n) is 12.4. The Morgan fingerprint density at radius 2 is 2.04 bits per heavy atom. The number of aryl methyl sites for hydroxylation is 1. The highest BCUT2D eigenvalue weighted by Crippen LogP contribution is 2.26. The molecule has 2 N–H and O–H groups in total. The number of phenols is 1. The van der Waals surface area contributed by atoms with Crippen molar-refractivity contribution in [3.63, 3.8) is 0 Å². The number of non-ortho nitro benzene ring substituents is 1. The highest BCUT2D eigenvalue weighted by Gasteiger charge is 2.12. The summed E-state index contributed by atoms with van der Waals surface area (Å²) in [5.41, 5.74) is 3.53. The van der Waals surface area contributed by atoms with Crippen molar-refractivity contribution in [1.82, 2.24) is 5.43 Å². The molecule has 0 radical (unpaired) electrons. The number of carbonyl (C=O) groups excluding carboxylic acids is 1. The molecule has 0 heterocycles. The zero-order chi connectivity index (χ0) is 16.8. The van der Waals surface area contributed by atoms with Crippen molar-refractivity contribution in [2.45, 2.75) is 13.3 Å². The van der Waals surface area contributed by atoms with Crippen LogP contribution in [0.4, 0.5) is 5.69 Å². The minimum Gasteiger partial charge on any atom is -0.507 e. The molecule has 0 saturated carbocycles. The molecule has 0 unspecified atom stereocenters. The van der Waals surface area contributed by atoms with Crippen molar-refractivity contribution in [3.05, 3.63) is 69.3 Å². The van der Waals surface area contributed by atoms with Crippen LogP contribution in [-0.4, -0.2) is 22.2 Å². The average molecular weight is 313 g/mol. The van der Waals surface area contributed by atoms with Crippen molar-refractivity contribution in [2.75, 3.05) is 0 Å². The second-order valence-electron chi connectivity index (χ2n) is 4.91. The molecule has 0 aliphatic heterocycles. The topological polar surface area (TPSA) is 105 Å². The predicted molar refractivity (Wildman–Crippen MR) is 85.4 cm³/mol. The minimum atomic E-state index is -0.558. The van der Waals surface area contributed by atoms with Crippen LogP contribution in [0.15, 0.2) is 47.6 Å². The first-order valence-corrected chi connectivity index (χ1v) is 6.81. The van der Waals surface area contributed by atoms with Crippen LogP contribution < -0.4 is 5.43 Å². The third-order valence-electron chi connectivity index (χ3n) is 3.13. The number of hydrazone groups is 1. The number of nitro groups is 1. The van der Waals surface area contributed by atoms with E-state index in [1.54, 1.807) is 6.92 Å². The van der Waals surface area contributed by atoms with Crippen LogP contribution in [0.2, 0.25) is 0 Å². The van der Waals surface area contributed by atoms with Crippen LogP contribution in [0.5, 0.6) is 5.75 Å². The highest BCUT2D eigenvalue weighted by molar-refractivity contribution is 5.87. The SMILES string of the molecule is Cc1cc([N+](=O)[O-])cc(/C=N\NC(=O)Cc2ccccc2)c1O. The number of aromatic hydroxyl groups is 1. The molecule has 23 heavy (non-hydrogen) atoms. The van der Waals surface area contributed by atoms with Gasteiger partial charge in [0, 0.05) is 17.7 Å². The van der Waals surface area contributed by atoms with Gasteiger partial charge in [0.15, 0.2) is 0 Å². The van der Waals surface area contributed by atoms with Crippen molar-refractivity contribution >= 4 is 17.8 Å². The largest absolute Gasteiger partial charge is 0.507 e. The number of benzene rings is 2. The molecule has 0 atom stereocenters. The van der Waals surface area contributed by atoms with Gasteiger partial charge in [0.2, 0.25) is 5.91 Å². The minimum absolute atomic E-state index is 0.114. The van der Waals surface area contributed by atoms with E-state index in [2.05, 4.69) is 10.5 Å². The van der Waals surface area contributed by atoms with Crippen molar-refractivity contribution < 1.29 is 14.8 Å². The van der Waals surface area contributed by atoms with Gasteiger partial charge in [-0.1, -0.05) is 30.3 Å². The van der Waals surface area contributed by atoms with E-state index in [1.807, 2.05) is 30.3 Å². The van der Waals surface area contributed by atoms with Gasteiger partial charge in [-0.3, -0.25) is 14.9 Å². The van der Waals surface area contributed by atoms with E-state index in [0.29, 0.717) is 5.56 Å². The predicted octanol–water partition coefficient (Wildman–Crippen LogP) is 2.30. The van der Waals surface area contributed by atoms with Gasteiger partial charge in [-0.05, 0) is 18.1 Å². The summed E-state index contributed by atoms with van der Waals surface area (Å²) in [4.78, 5) is 22.0. The van der Waals surface area contributed by atoms with Gasteiger partial charge >= 0.3 is 0 Å². The summed E-state index contributed by atoms with van der Waals surface area (Å²) in [5, 5.41) is 24.4. The molecule has 0 aliphatic rings. The molecule has 0 fully saturated rings. The molecular formula is C16H15N3O4. The van der Waals surface area contributed by atoms with E-state index in [0.717, 1.165) is 5.56 Å². The molecule has 0 spiro atoms. The summed E-state index contributed by atoms with van der Waals surface area (Å²) in [6.07, 6.45) is 1.34. The Morgan fingerprint density at radius 1 is 1.35 bits per heavy atom. The maximum Gasteiger partial charge on any atom is 0.270 e. The molecule has 2 aromatic carbocycles. The van der Waals surface area contributed by atoms with E-state index in [9.17, 15) is 20.0 Å². The normalized spacial score (nSPS) is 10.7. The quantitative estimate of drug-likeness (QED) is 0.502. The van der Waals surface area contributed by atoms with Gasteiger partial charge in [-0.25, -0.2) is 5.43 Å². The number of nitro benzene ring substituents is 1. The van der Waals surface area contributed by atoms with Gasteiger partial charge in [0.25, 0.3) is 5.69 Å². The Kier molecular flexibility index (Phi) is 5.03. The summed E-state index contributed by atoms with van der Waals surface area (Å²) in [6.45, 7) is 1.55. The molecule has 2 aromatic rings. The van der Waals surface area contributed by atoms with E-state index in [4.69, 9.17) is 0 Å². The molecule has 0 aliphatic carbocycles. The standard InChI is InChI=1S/C16H15N3O4/c1-11-7-14(19(22)23)9-13(16(11)21)10-17-18-15(20)8-12-5-3-2-4-6-12/h2-7,9-10,21H,8H2,1H3,(H,18,20)/b17-10-. The van der Waals surface area contributed by atoms with E-state index in [1.165, 1.54) is 18.3 Å². The first-order valence-electron chi connectivity index (χ1n) is 6.81. The molecule has 7 heteroatoms. The van der Waals surface area contributed by atoms with Crippen LogP contribution in [-0.2, 0) is 11.2 Å². The molecular weight excluding hydrogens is 298 g/mol. The number of amides is 1. The Hall–Kier alpha value is -3.22. The van der Waals surface area contributed by atoms with Gasteiger partial charge < -0.3 is 5.11 Å². The lowest BCUT2D eigenvalue weighted by atomic mass is 10.1. The summed E-state index contributed by atoms with van der Waals surface area (Å²) in [7, 11) is 0. The van der Waals surface area contributed by atoms with E-state index in [-0.39, 0.29) is 29.3 Å². The van der Waals surface area contributed by atoms with Crippen LogP contribution in [0.1, 0.15) is 16.7 Å². The number of nitrogens with one attached hydrogen (secondary N) is 1. The number of hydrogen-bond acceptors (Lipinski definition) is 5. The lowest BCUT2D eigenvalue weighted by Gasteiger charge is -2.03. The molecule has 1 amide bonds. The van der Waals surface area contributed by atoms with Gasteiger partial charge in [0.1, 0.15) is 5.75 Å². The van der Waals surface area contributed by atoms with Crippen molar-refractivity contribution in [2.24, 2.45) is 5.10 Å². The first-order chi connectivity index (χ1) is 11.0. The number of hydrogen-bond donors (Lipinski definition) is 2. The van der Waals surface area contributed by atoms with Gasteiger partial charge in [-0.2, -0.15) is 5.10 Å². The number of nitrogens with zero attached hydrogens (tertiary/aromatic N) is 2. The summed E-state index contributed by atoms with van der Waals surface area (Å²) in [6, 6.07) is 11.6. The third kappa shape index (κ3) is 4.37. The smallest absolute Gasteiger partial charge is 0.270 e. The summed E-state index contributed by atoms with van der Waals surface area (Å²) in [5.74, 6) is -0.439. The summed E-state index contributed by atoms with van der Waals surface area (Å²) < 4.78 is 0. The van der Waals surface area contributed by atoms with Crippen molar-refractivity contribution in [3.8, 4) is 5.75 Å². The Labute approximate surface area is 132 Å². The van der Waals surface area contributed by atoms with Crippen LogP contribution in [0.25, 0.3) is 0 Å². The fraction of sp³-hybridized carbons (Fsp3) is 0.125. The van der Waals surface area contributed by atoms with Gasteiger partial charge in [0.05, 0.1) is 17.6 Å². The second-order valence-corrected chi connectivity index (χ2v) is 4.91. The molecule has 118 valence electrons. The maximum absolute atomic E-state index is 11.7. The van der Waals surface area contributed by atoms with Gasteiger partial charge in [-0.15, -0.1) is 0 Å². The lowest BCUT2D eigenvalue weighted by Crippen LogP contribution is -2.19. The molecule has 0 saturated heterocycles. The number of carbonyl (C=O) groups is 1. The summed E-state index contributed by atoms with van der Waals surface area (Å²) >= 11 is 0. The first kappa shape index (κ1) is 16.2. The van der Waals surface area contributed by atoms with E-state index >= 15 is 0 Å². The molecule has 0 aromatic heterocycles. The average Bonchev–Trinajstić information content (AvgIpc) is 2.52. The molecule has 2 rings (SSSR count). The highest BCUT2D eigenvalue weighted by atomic mass is 16.6. The second kappa shape index (κ2) is 7.17. The Morgan fingerprint density at radius 3 is 2.70 bits per heavy atom. The fourth-order valence-corrected chi connectivity index (χ4v) is 1.99.